The fourth-order valence-corrected chi connectivity index (χ4v) is 2.45. The average molecular weight is 386 g/mol. The molecule has 1 atom stereocenters. The molecule has 0 unspecified atom stereocenters. The minimum atomic E-state index is -5.22. The molecule has 0 bridgehead atoms. The first kappa shape index (κ1) is 20.4. The Morgan fingerprint density at radius 1 is 1.30 bits per heavy atom. The summed E-state index contributed by atoms with van der Waals surface area (Å²) in [6.07, 6.45) is -5.50. The van der Waals surface area contributed by atoms with Gasteiger partial charge in [-0.25, -0.2) is 0 Å². The highest BCUT2D eigenvalue weighted by atomic mass is 19.4. The van der Waals surface area contributed by atoms with Gasteiger partial charge in [-0.3, -0.25) is 19.3 Å². The summed E-state index contributed by atoms with van der Waals surface area (Å²) in [6, 6.07) is 7.70. The zero-order valence-electron chi connectivity index (χ0n) is 14.2. The molecular weight excluding hydrogens is 369 g/mol. The van der Waals surface area contributed by atoms with Crippen LogP contribution in [0.5, 0.6) is 0 Å². The van der Waals surface area contributed by atoms with E-state index in [9.17, 15) is 32.7 Å². The molecule has 2 rings (SSSR count). The zero-order valence-corrected chi connectivity index (χ0v) is 14.2. The van der Waals surface area contributed by atoms with Crippen LogP contribution in [0, 0.1) is 0 Å². The quantitative estimate of drug-likeness (QED) is 0.745. The van der Waals surface area contributed by atoms with E-state index in [2.05, 4.69) is 10.1 Å². The summed E-state index contributed by atoms with van der Waals surface area (Å²) in [7, 11) is 0. The van der Waals surface area contributed by atoms with Crippen molar-refractivity contribution < 1.29 is 37.4 Å². The lowest BCUT2D eigenvalue weighted by Gasteiger charge is -2.42. The Kier molecular flexibility index (Phi) is 5.89. The number of nitrogens with one attached hydrogen (secondary N) is 1. The van der Waals surface area contributed by atoms with E-state index in [4.69, 9.17) is 0 Å². The molecule has 0 saturated heterocycles. The summed E-state index contributed by atoms with van der Waals surface area (Å²) in [5, 5.41) is 12.2. The van der Waals surface area contributed by atoms with Crippen molar-refractivity contribution >= 4 is 17.8 Å². The molecule has 146 valence electrons. The van der Waals surface area contributed by atoms with Gasteiger partial charge in [-0.1, -0.05) is 18.2 Å². The van der Waals surface area contributed by atoms with Crippen molar-refractivity contribution in [2.75, 3.05) is 13.2 Å². The summed E-state index contributed by atoms with van der Waals surface area (Å²) < 4.78 is 44.5. The average Bonchev–Trinajstić information content (AvgIpc) is 2.61. The molecule has 1 aliphatic heterocycles. The van der Waals surface area contributed by atoms with Crippen molar-refractivity contribution in [3.8, 4) is 0 Å². The molecule has 1 heterocycles. The van der Waals surface area contributed by atoms with Crippen molar-refractivity contribution in [2.24, 2.45) is 0 Å². The maximum atomic E-state index is 13.3. The molecule has 1 aromatic rings. The van der Waals surface area contributed by atoms with Crippen LogP contribution in [0.2, 0.25) is 0 Å². The Labute approximate surface area is 152 Å². The maximum Gasteiger partial charge on any atom is 0.437 e. The Balaban J connectivity index is 2.30. The summed E-state index contributed by atoms with van der Waals surface area (Å²) in [5.74, 6) is -3.19. The molecule has 7 nitrogen and oxygen atoms in total. The topological polar surface area (TPSA) is 95.9 Å². The van der Waals surface area contributed by atoms with Crippen molar-refractivity contribution in [1.82, 2.24) is 10.2 Å². The van der Waals surface area contributed by atoms with Crippen LogP contribution in [0.1, 0.15) is 23.7 Å². The first-order valence-electron chi connectivity index (χ1n) is 7.93. The molecule has 10 heteroatoms. The van der Waals surface area contributed by atoms with Crippen LogP contribution in [-0.4, -0.2) is 52.8 Å². The van der Waals surface area contributed by atoms with Crippen LogP contribution >= 0.6 is 0 Å². The second-order valence-corrected chi connectivity index (χ2v) is 5.65. The predicted molar refractivity (Wildman–Crippen MR) is 86.0 cm³/mol. The van der Waals surface area contributed by atoms with Crippen LogP contribution in [0.3, 0.4) is 0 Å². The lowest BCUT2D eigenvalue weighted by molar-refractivity contribution is -0.309. The van der Waals surface area contributed by atoms with Crippen LogP contribution < -0.4 is 5.32 Å². The normalized spacial score (nSPS) is 20.1. The fourth-order valence-electron chi connectivity index (χ4n) is 2.45. The molecule has 2 N–H and O–H groups in total. The molecule has 0 aromatic heterocycles. The van der Waals surface area contributed by atoms with Gasteiger partial charge in [0.2, 0.25) is 5.72 Å². The molecule has 0 saturated carbocycles. The Morgan fingerprint density at radius 3 is 2.48 bits per heavy atom. The van der Waals surface area contributed by atoms with Crippen molar-refractivity contribution in [2.45, 2.75) is 25.2 Å². The van der Waals surface area contributed by atoms with E-state index in [0.717, 1.165) is 6.08 Å². The van der Waals surface area contributed by atoms with E-state index in [1.807, 2.05) is 0 Å². The fraction of sp³-hybridized carbons (Fsp3) is 0.353. The number of hydrogen-bond donors (Lipinski definition) is 2. The van der Waals surface area contributed by atoms with Gasteiger partial charge in [-0.05, 0) is 25.1 Å². The Hall–Kier alpha value is -2.88. The van der Waals surface area contributed by atoms with Gasteiger partial charge in [0, 0.05) is 12.0 Å². The number of benzene rings is 1. The largest absolute Gasteiger partial charge is 0.465 e. The van der Waals surface area contributed by atoms with Gasteiger partial charge >= 0.3 is 12.1 Å². The standard InChI is InChI=1S/C17H17F3N2O5/c1-2-27-13(23)10-22-15(25)12(8-9-16(22,26)17(18,19)20)21-14(24)11-6-4-3-5-7-11/h3-8,26H,2,9-10H2,1H3,(H,21,24)/t16-/m1/s1. The van der Waals surface area contributed by atoms with E-state index >= 15 is 0 Å². The highest BCUT2D eigenvalue weighted by Gasteiger charge is 2.61. The minimum absolute atomic E-state index is 0.0500. The number of rotatable bonds is 5. The second-order valence-electron chi connectivity index (χ2n) is 5.65. The Morgan fingerprint density at radius 2 is 1.93 bits per heavy atom. The number of carbonyl (C=O) groups excluding carboxylic acids is 3. The number of amides is 2. The smallest absolute Gasteiger partial charge is 0.437 e. The number of aliphatic hydroxyl groups is 1. The number of alkyl halides is 3. The van der Waals surface area contributed by atoms with Gasteiger partial charge in [0.05, 0.1) is 6.61 Å². The van der Waals surface area contributed by atoms with E-state index in [0.29, 0.717) is 0 Å². The second kappa shape index (κ2) is 7.78. The summed E-state index contributed by atoms with van der Waals surface area (Å²) in [6.45, 7) is 0.206. The number of ether oxygens (including phenoxy) is 1. The molecule has 0 aliphatic carbocycles. The van der Waals surface area contributed by atoms with Crippen LogP contribution in [0.25, 0.3) is 0 Å². The lowest BCUT2D eigenvalue weighted by Crippen LogP contribution is -2.64. The van der Waals surface area contributed by atoms with E-state index < -0.39 is 48.3 Å². The summed E-state index contributed by atoms with van der Waals surface area (Å²) in [5.41, 5.74) is -3.88. The first-order valence-corrected chi connectivity index (χ1v) is 7.93. The van der Waals surface area contributed by atoms with Crippen molar-refractivity contribution in [1.29, 1.82) is 0 Å². The van der Waals surface area contributed by atoms with Gasteiger partial charge in [-0.15, -0.1) is 0 Å². The van der Waals surface area contributed by atoms with Gasteiger partial charge in [0.1, 0.15) is 12.2 Å². The third-order valence-corrected chi connectivity index (χ3v) is 3.84. The zero-order chi connectivity index (χ0) is 20.2. The van der Waals surface area contributed by atoms with Gasteiger partial charge in [0.25, 0.3) is 11.8 Å². The molecular formula is C17H17F3N2O5. The number of nitrogens with zero attached hydrogens (tertiary/aromatic N) is 1. The molecule has 1 aromatic carbocycles. The highest BCUT2D eigenvalue weighted by molar-refractivity contribution is 6.04. The number of halogens is 3. The molecule has 2 amide bonds. The minimum Gasteiger partial charge on any atom is -0.465 e. The third-order valence-electron chi connectivity index (χ3n) is 3.84. The molecule has 0 radical (unpaired) electrons. The van der Waals surface area contributed by atoms with E-state index in [1.165, 1.54) is 19.1 Å². The SMILES string of the molecule is CCOC(=O)CN1C(=O)C(NC(=O)c2ccccc2)=CC[C@@]1(O)C(F)(F)F. The number of hydrogen-bond acceptors (Lipinski definition) is 5. The van der Waals surface area contributed by atoms with Gasteiger partial charge < -0.3 is 15.2 Å². The summed E-state index contributed by atoms with van der Waals surface area (Å²) >= 11 is 0. The van der Waals surface area contributed by atoms with Crippen LogP contribution in [-0.2, 0) is 14.3 Å². The van der Waals surface area contributed by atoms with E-state index in [1.54, 1.807) is 18.2 Å². The van der Waals surface area contributed by atoms with Crippen molar-refractivity contribution in [3.05, 3.63) is 47.7 Å². The van der Waals surface area contributed by atoms with E-state index in [-0.39, 0.29) is 17.1 Å². The number of esters is 1. The molecule has 27 heavy (non-hydrogen) atoms. The van der Waals surface area contributed by atoms with Gasteiger partial charge in [-0.2, -0.15) is 13.2 Å². The summed E-state index contributed by atoms with van der Waals surface area (Å²) in [4.78, 5) is 36.2. The molecule has 1 aliphatic rings. The van der Waals surface area contributed by atoms with Crippen molar-refractivity contribution in [3.63, 3.8) is 0 Å². The van der Waals surface area contributed by atoms with Gasteiger partial charge in [0.15, 0.2) is 0 Å². The Bertz CT molecular complexity index is 764. The first-order chi connectivity index (χ1) is 12.6. The third kappa shape index (κ3) is 4.27. The predicted octanol–water partition coefficient (Wildman–Crippen LogP) is 1.35. The van der Waals surface area contributed by atoms with Crippen LogP contribution in [0.15, 0.2) is 42.1 Å². The molecule has 0 spiro atoms. The highest BCUT2D eigenvalue weighted by Crippen LogP contribution is 2.39. The molecule has 0 fully saturated rings. The van der Waals surface area contributed by atoms with Crippen LogP contribution in [0.4, 0.5) is 13.2 Å². The number of carbonyl (C=O) groups is 3. The maximum absolute atomic E-state index is 13.3. The monoisotopic (exact) mass is 386 g/mol. The lowest BCUT2D eigenvalue weighted by atomic mass is 10.00.